The van der Waals surface area contributed by atoms with E-state index in [1.807, 2.05) is 0 Å². The second-order valence-corrected chi connectivity index (χ2v) is 4.31. The Hall–Kier alpha value is -2.34. The number of hydrogen-bond acceptors (Lipinski definition) is 4. The molecule has 0 aromatic heterocycles. The van der Waals surface area contributed by atoms with Crippen molar-refractivity contribution < 1.29 is 14.1 Å². The Kier molecular flexibility index (Phi) is 4.05. The van der Waals surface area contributed by atoms with Gasteiger partial charge in [-0.1, -0.05) is 11.6 Å². The molecule has 0 fully saturated rings. The highest BCUT2D eigenvalue weighted by molar-refractivity contribution is 6.30. The van der Waals surface area contributed by atoms with Crippen LogP contribution in [0.25, 0.3) is 0 Å². The molecule has 0 amide bonds. The predicted octanol–water partition coefficient (Wildman–Crippen LogP) is 4.22. The number of benzene rings is 2. The van der Waals surface area contributed by atoms with Gasteiger partial charge in [0.1, 0.15) is 17.3 Å². The van der Waals surface area contributed by atoms with Gasteiger partial charge in [-0.2, -0.15) is 0 Å². The molecular weight excluding hydrogens is 287 g/mol. The summed E-state index contributed by atoms with van der Waals surface area (Å²) in [5.41, 5.74) is 0.419. The molecule has 2 rings (SSSR count). The van der Waals surface area contributed by atoms with Gasteiger partial charge in [0.15, 0.2) is 0 Å². The summed E-state index contributed by atoms with van der Waals surface area (Å²) in [5.74, 6) is -0.0147. The van der Waals surface area contributed by atoms with E-state index in [1.54, 1.807) is 13.1 Å². The molecule has 0 bridgehead atoms. The first kappa shape index (κ1) is 14.1. The lowest BCUT2D eigenvalue weighted by Crippen LogP contribution is -1.94. The van der Waals surface area contributed by atoms with Crippen LogP contribution in [-0.2, 0) is 0 Å². The third-order valence-electron chi connectivity index (χ3n) is 2.52. The molecular formula is C13H10ClFN2O3. The van der Waals surface area contributed by atoms with Crippen LogP contribution in [0.15, 0.2) is 36.4 Å². The number of nitrogens with zero attached hydrogens (tertiary/aromatic N) is 1. The second-order valence-electron chi connectivity index (χ2n) is 3.90. The smallest absolute Gasteiger partial charge is 0.275 e. The van der Waals surface area contributed by atoms with E-state index >= 15 is 0 Å². The SMILES string of the molecule is CNc1cc(Oc2ccc(F)c(Cl)c2)cc([N+](=O)[O-])c1. The van der Waals surface area contributed by atoms with Crippen molar-refractivity contribution in [1.82, 2.24) is 0 Å². The Morgan fingerprint density at radius 3 is 2.60 bits per heavy atom. The van der Waals surface area contributed by atoms with Crippen LogP contribution >= 0.6 is 11.6 Å². The zero-order valence-corrected chi connectivity index (χ0v) is 11.1. The summed E-state index contributed by atoms with van der Waals surface area (Å²) in [7, 11) is 1.64. The minimum Gasteiger partial charge on any atom is -0.457 e. The number of non-ortho nitro benzene ring substituents is 1. The van der Waals surface area contributed by atoms with Crippen molar-refractivity contribution in [2.45, 2.75) is 0 Å². The standard InChI is InChI=1S/C13H10ClFN2O3/c1-16-8-4-9(17(18)19)6-11(5-8)20-10-2-3-13(15)12(14)7-10/h2-7,16H,1H3. The van der Waals surface area contributed by atoms with E-state index in [0.717, 1.165) is 6.07 Å². The van der Waals surface area contributed by atoms with Crippen molar-refractivity contribution in [1.29, 1.82) is 0 Å². The fraction of sp³-hybridized carbons (Fsp3) is 0.0769. The Morgan fingerprint density at radius 2 is 2.00 bits per heavy atom. The lowest BCUT2D eigenvalue weighted by molar-refractivity contribution is -0.384. The average Bonchev–Trinajstić information content (AvgIpc) is 2.42. The first-order valence-electron chi connectivity index (χ1n) is 5.60. The topological polar surface area (TPSA) is 64.4 Å². The molecule has 0 aliphatic heterocycles. The van der Waals surface area contributed by atoms with Crippen LogP contribution < -0.4 is 10.1 Å². The molecule has 0 unspecified atom stereocenters. The van der Waals surface area contributed by atoms with Crippen molar-refractivity contribution in [2.75, 3.05) is 12.4 Å². The number of nitro benzene ring substituents is 1. The molecule has 0 aliphatic carbocycles. The van der Waals surface area contributed by atoms with E-state index in [-0.39, 0.29) is 16.5 Å². The average molecular weight is 297 g/mol. The van der Waals surface area contributed by atoms with Crippen LogP contribution in [-0.4, -0.2) is 12.0 Å². The number of anilines is 1. The molecule has 0 atom stereocenters. The van der Waals surface area contributed by atoms with E-state index in [2.05, 4.69) is 5.32 Å². The molecule has 2 aromatic carbocycles. The van der Waals surface area contributed by atoms with Crippen LogP contribution in [0.1, 0.15) is 0 Å². The van der Waals surface area contributed by atoms with Gasteiger partial charge in [-0.15, -0.1) is 0 Å². The van der Waals surface area contributed by atoms with Crippen molar-refractivity contribution in [3.05, 3.63) is 57.4 Å². The molecule has 0 heterocycles. The molecule has 0 spiro atoms. The quantitative estimate of drug-likeness (QED) is 0.677. The molecule has 1 N–H and O–H groups in total. The van der Waals surface area contributed by atoms with Crippen molar-refractivity contribution in [3.63, 3.8) is 0 Å². The van der Waals surface area contributed by atoms with Gasteiger partial charge in [0, 0.05) is 30.9 Å². The van der Waals surface area contributed by atoms with Crippen LogP contribution in [0.5, 0.6) is 11.5 Å². The molecule has 5 nitrogen and oxygen atoms in total. The maximum atomic E-state index is 13.0. The number of nitrogens with one attached hydrogen (secondary N) is 1. The summed E-state index contributed by atoms with van der Waals surface area (Å²) in [6.45, 7) is 0. The van der Waals surface area contributed by atoms with Crippen molar-refractivity contribution in [2.24, 2.45) is 0 Å². The monoisotopic (exact) mass is 296 g/mol. The third-order valence-corrected chi connectivity index (χ3v) is 2.81. The number of nitro groups is 1. The van der Waals surface area contributed by atoms with Crippen LogP contribution in [0.2, 0.25) is 5.02 Å². The highest BCUT2D eigenvalue weighted by Crippen LogP contribution is 2.31. The summed E-state index contributed by atoms with van der Waals surface area (Å²) in [6.07, 6.45) is 0. The van der Waals surface area contributed by atoms with Crippen LogP contribution in [0, 0.1) is 15.9 Å². The normalized spacial score (nSPS) is 10.2. The predicted molar refractivity (Wildman–Crippen MR) is 74.1 cm³/mol. The van der Waals surface area contributed by atoms with E-state index in [4.69, 9.17) is 16.3 Å². The molecule has 0 radical (unpaired) electrons. The zero-order chi connectivity index (χ0) is 14.7. The van der Waals surface area contributed by atoms with Crippen LogP contribution in [0.3, 0.4) is 0 Å². The second kappa shape index (κ2) is 5.75. The minimum atomic E-state index is -0.561. The highest BCUT2D eigenvalue weighted by atomic mass is 35.5. The van der Waals surface area contributed by atoms with Gasteiger partial charge >= 0.3 is 0 Å². The molecule has 7 heteroatoms. The molecule has 0 saturated heterocycles. The third kappa shape index (κ3) is 3.16. The molecule has 104 valence electrons. The number of hydrogen-bond donors (Lipinski definition) is 1. The van der Waals surface area contributed by atoms with Gasteiger partial charge in [-0.3, -0.25) is 10.1 Å². The fourth-order valence-corrected chi connectivity index (χ4v) is 1.74. The largest absolute Gasteiger partial charge is 0.457 e. The van der Waals surface area contributed by atoms with Gasteiger partial charge < -0.3 is 10.1 Å². The van der Waals surface area contributed by atoms with Gasteiger partial charge in [0.25, 0.3) is 5.69 Å². The minimum absolute atomic E-state index is 0.0817. The lowest BCUT2D eigenvalue weighted by atomic mass is 10.2. The molecule has 0 aliphatic rings. The van der Waals surface area contributed by atoms with E-state index in [1.165, 1.54) is 24.3 Å². The van der Waals surface area contributed by atoms with Gasteiger partial charge in [-0.25, -0.2) is 4.39 Å². The van der Waals surface area contributed by atoms with Crippen molar-refractivity contribution in [3.8, 4) is 11.5 Å². The number of rotatable bonds is 4. The van der Waals surface area contributed by atoms with E-state index in [0.29, 0.717) is 11.4 Å². The lowest BCUT2D eigenvalue weighted by Gasteiger charge is -2.08. The maximum absolute atomic E-state index is 13.0. The Morgan fingerprint density at radius 1 is 1.25 bits per heavy atom. The molecule has 20 heavy (non-hydrogen) atoms. The summed E-state index contributed by atoms with van der Waals surface area (Å²) >= 11 is 5.64. The van der Waals surface area contributed by atoms with Gasteiger partial charge in [0.2, 0.25) is 0 Å². The number of ether oxygens (including phenoxy) is 1. The van der Waals surface area contributed by atoms with Gasteiger partial charge in [-0.05, 0) is 12.1 Å². The van der Waals surface area contributed by atoms with Gasteiger partial charge in [0.05, 0.1) is 16.0 Å². The summed E-state index contributed by atoms with van der Waals surface area (Å²) in [5, 5.41) is 13.5. The molecule has 0 saturated carbocycles. The van der Waals surface area contributed by atoms with E-state index in [9.17, 15) is 14.5 Å². The fourth-order valence-electron chi connectivity index (χ4n) is 1.57. The van der Waals surface area contributed by atoms with Crippen molar-refractivity contribution >= 4 is 23.0 Å². The van der Waals surface area contributed by atoms with Crippen LogP contribution in [0.4, 0.5) is 15.8 Å². The maximum Gasteiger partial charge on any atom is 0.275 e. The Labute approximate surface area is 119 Å². The number of halogens is 2. The Bertz CT molecular complexity index is 664. The zero-order valence-electron chi connectivity index (χ0n) is 10.4. The summed E-state index contributed by atoms with van der Waals surface area (Å²) in [6, 6.07) is 8.09. The summed E-state index contributed by atoms with van der Waals surface area (Å²) in [4.78, 5) is 10.3. The first-order chi connectivity index (χ1) is 9.49. The summed E-state index contributed by atoms with van der Waals surface area (Å²) < 4.78 is 18.5. The highest BCUT2D eigenvalue weighted by Gasteiger charge is 2.11. The first-order valence-corrected chi connectivity index (χ1v) is 5.97. The Balaban J connectivity index is 2.34. The molecule has 2 aromatic rings. The van der Waals surface area contributed by atoms with E-state index < -0.39 is 10.7 Å².